The van der Waals surface area contributed by atoms with Gasteiger partial charge >= 0.3 is 18.4 Å². The Morgan fingerprint density at radius 3 is 2.09 bits per heavy atom. The fourth-order valence-corrected chi connectivity index (χ4v) is 5.33. The van der Waals surface area contributed by atoms with E-state index in [1.165, 1.54) is 17.7 Å². The Bertz CT molecular complexity index is 1440. The minimum absolute atomic E-state index is 0.0223. The molecule has 0 bridgehead atoms. The molecule has 0 saturated carbocycles. The van der Waals surface area contributed by atoms with Crippen LogP contribution in [0.15, 0.2) is 66.7 Å². The van der Waals surface area contributed by atoms with Crippen molar-refractivity contribution >= 4 is 29.0 Å². The highest BCUT2D eigenvalue weighted by atomic mass is 19.4. The van der Waals surface area contributed by atoms with Gasteiger partial charge < -0.3 is 25.6 Å². The fourth-order valence-electron chi connectivity index (χ4n) is 5.33. The molecule has 1 saturated heterocycles. The van der Waals surface area contributed by atoms with E-state index in [0.29, 0.717) is 63.0 Å². The number of halogens is 6. The number of hydrogen-bond acceptors (Lipinski definition) is 4. The van der Waals surface area contributed by atoms with Crippen molar-refractivity contribution < 1.29 is 40.7 Å². The van der Waals surface area contributed by atoms with Gasteiger partial charge in [0.25, 0.3) is 5.91 Å². The van der Waals surface area contributed by atoms with Crippen LogP contribution in [-0.4, -0.2) is 44.8 Å². The fraction of sp³-hybridized carbons (Fsp3) is 0.394. The first-order chi connectivity index (χ1) is 21.8. The summed E-state index contributed by atoms with van der Waals surface area (Å²) < 4.78 is 84.9. The Hall–Kier alpha value is -4.26. The Kier molecular flexibility index (Phi) is 11.5. The van der Waals surface area contributed by atoms with Crippen molar-refractivity contribution in [1.82, 2.24) is 5.32 Å². The maximum atomic E-state index is 13.3. The smallest absolute Gasteiger partial charge is 0.382 e. The average molecular weight is 651 g/mol. The molecule has 0 aliphatic carbocycles. The van der Waals surface area contributed by atoms with Crippen molar-refractivity contribution in [3.8, 4) is 0 Å². The second kappa shape index (κ2) is 15.4. The van der Waals surface area contributed by atoms with Gasteiger partial charge in [-0.25, -0.2) is 4.79 Å². The van der Waals surface area contributed by atoms with Crippen LogP contribution in [0.4, 0.5) is 48.2 Å². The van der Waals surface area contributed by atoms with Gasteiger partial charge in [0.1, 0.15) is 0 Å². The molecule has 0 unspecified atom stereocenters. The molecule has 0 radical (unpaired) electrons. The highest BCUT2D eigenvalue weighted by Crippen LogP contribution is 2.38. The quantitative estimate of drug-likeness (QED) is 0.145. The topological polar surface area (TPSA) is 82.7 Å². The number of urea groups is 1. The second-order valence-corrected chi connectivity index (χ2v) is 11.0. The van der Waals surface area contributed by atoms with Crippen LogP contribution in [-0.2, 0) is 23.5 Å². The molecule has 0 atom stereocenters. The zero-order chi connectivity index (χ0) is 33.3. The lowest BCUT2D eigenvalue weighted by molar-refractivity contribution is -0.143. The van der Waals surface area contributed by atoms with Crippen LogP contribution in [0.2, 0.25) is 0 Å². The molecule has 1 heterocycles. The predicted octanol–water partition coefficient (Wildman–Crippen LogP) is 7.98. The molecule has 4 rings (SSSR count). The van der Waals surface area contributed by atoms with Gasteiger partial charge in [-0.1, -0.05) is 30.3 Å². The van der Waals surface area contributed by atoms with Gasteiger partial charge in [-0.2, -0.15) is 26.3 Å². The highest BCUT2D eigenvalue weighted by Gasteiger charge is 2.37. The summed E-state index contributed by atoms with van der Waals surface area (Å²) in [5, 5.41) is 7.32. The number of hydrogen-bond donors (Lipinski definition) is 3. The first kappa shape index (κ1) is 34.6. The standard InChI is InChI=1S/C33H36F6N4O3/c1-2-46-16-6-13-40-30(44)28-21-26(9-10-29(28)43-14-11-23(12-15-43)17-22-7-4-3-5-8-22)41-31(45)42-27-19-24(32(34,35)36)18-25(20-27)33(37,38)39/h3-5,7-10,18-21,23H,2,6,11-17H2,1H3,(H,40,44)(H2,41,42,45). The van der Waals surface area contributed by atoms with E-state index in [2.05, 4.69) is 27.7 Å². The van der Waals surface area contributed by atoms with Crippen LogP contribution in [0.25, 0.3) is 0 Å². The van der Waals surface area contributed by atoms with Crippen LogP contribution in [0.1, 0.15) is 53.2 Å². The molecule has 1 aliphatic heterocycles. The maximum Gasteiger partial charge on any atom is 0.416 e. The van der Waals surface area contributed by atoms with E-state index < -0.39 is 41.1 Å². The number of carbonyl (C=O) groups is 2. The number of benzene rings is 3. The number of rotatable bonds is 11. The molecule has 0 spiro atoms. The van der Waals surface area contributed by atoms with Gasteiger partial charge in [0.05, 0.1) is 16.7 Å². The number of anilines is 3. The van der Waals surface area contributed by atoms with E-state index in [-0.39, 0.29) is 17.3 Å². The van der Waals surface area contributed by atoms with E-state index in [1.54, 1.807) is 6.07 Å². The lowest BCUT2D eigenvalue weighted by atomic mass is 9.89. The lowest BCUT2D eigenvalue weighted by Crippen LogP contribution is -2.36. The van der Waals surface area contributed by atoms with E-state index in [0.717, 1.165) is 19.3 Å². The minimum atomic E-state index is -5.06. The molecular formula is C33H36F6N4O3. The number of ether oxygens (including phenoxy) is 1. The molecular weight excluding hydrogens is 614 g/mol. The number of amides is 3. The molecule has 13 heteroatoms. The first-order valence-electron chi connectivity index (χ1n) is 15.0. The van der Waals surface area contributed by atoms with Crippen LogP contribution in [0, 0.1) is 5.92 Å². The zero-order valence-corrected chi connectivity index (χ0v) is 25.2. The molecule has 7 nitrogen and oxygen atoms in total. The van der Waals surface area contributed by atoms with Crippen LogP contribution < -0.4 is 20.9 Å². The summed E-state index contributed by atoms with van der Waals surface area (Å²) in [6.45, 7) is 4.62. The summed E-state index contributed by atoms with van der Waals surface area (Å²) in [5.41, 5.74) is -1.49. The van der Waals surface area contributed by atoms with E-state index in [4.69, 9.17) is 4.74 Å². The normalized spacial score (nSPS) is 14.2. The van der Waals surface area contributed by atoms with E-state index >= 15 is 0 Å². The largest absolute Gasteiger partial charge is 0.416 e. The number of carbonyl (C=O) groups excluding carboxylic acids is 2. The molecule has 3 N–H and O–H groups in total. The summed E-state index contributed by atoms with van der Waals surface area (Å²) in [4.78, 5) is 28.1. The molecule has 3 aromatic rings. The summed E-state index contributed by atoms with van der Waals surface area (Å²) in [6.07, 6.45) is -6.78. The Labute approximate surface area is 263 Å². The van der Waals surface area contributed by atoms with E-state index in [9.17, 15) is 35.9 Å². The van der Waals surface area contributed by atoms with Crippen LogP contribution in [0.3, 0.4) is 0 Å². The van der Waals surface area contributed by atoms with Gasteiger partial charge in [0, 0.05) is 49.9 Å². The lowest BCUT2D eigenvalue weighted by Gasteiger charge is -2.35. The van der Waals surface area contributed by atoms with Crippen molar-refractivity contribution in [3.63, 3.8) is 0 Å². The number of nitrogens with one attached hydrogen (secondary N) is 3. The van der Waals surface area contributed by atoms with Gasteiger partial charge in [0.15, 0.2) is 0 Å². The van der Waals surface area contributed by atoms with Crippen LogP contribution in [0.5, 0.6) is 0 Å². The van der Waals surface area contributed by atoms with Crippen molar-refractivity contribution in [3.05, 3.63) is 89.0 Å². The highest BCUT2D eigenvalue weighted by molar-refractivity contribution is 6.04. The summed E-state index contributed by atoms with van der Waals surface area (Å²) in [5.74, 6) is 0.0856. The average Bonchev–Trinajstić information content (AvgIpc) is 3.01. The third-order valence-electron chi connectivity index (χ3n) is 7.62. The van der Waals surface area contributed by atoms with Crippen LogP contribution >= 0.6 is 0 Å². The van der Waals surface area contributed by atoms with Crippen molar-refractivity contribution in [2.75, 3.05) is 48.4 Å². The summed E-state index contributed by atoms with van der Waals surface area (Å²) >= 11 is 0. The molecule has 1 aliphatic rings. The molecule has 46 heavy (non-hydrogen) atoms. The third kappa shape index (κ3) is 9.87. The van der Waals surface area contributed by atoms with Gasteiger partial charge in [-0.3, -0.25) is 4.79 Å². The Morgan fingerprint density at radius 1 is 0.848 bits per heavy atom. The van der Waals surface area contributed by atoms with Gasteiger partial charge in [0.2, 0.25) is 0 Å². The minimum Gasteiger partial charge on any atom is -0.382 e. The molecule has 3 aromatic carbocycles. The first-order valence-corrected chi connectivity index (χ1v) is 15.0. The zero-order valence-electron chi connectivity index (χ0n) is 25.2. The van der Waals surface area contributed by atoms with Crippen molar-refractivity contribution in [2.24, 2.45) is 5.92 Å². The van der Waals surface area contributed by atoms with Gasteiger partial charge in [-0.15, -0.1) is 0 Å². The summed E-state index contributed by atoms with van der Waals surface area (Å²) in [6, 6.07) is 14.6. The molecule has 3 amide bonds. The number of piperidine rings is 1. The van der Waals surface area contributed by atoms with Gasteiger partial charge in [-0.05, 0) is 80.5 Å². The van der Waals surface area contributed by atoms with Crippen molar-refractivity contribution in [2.45, 2.75) is 45.0 Å². The summed E-state index contributed by atoms with van der Waals surface area (Å²) in [7, 11) is 0. The molecule has 0 aromatic heterocycles. The number of alkyl halides is 6. The Morgan fingerprint density at radius 2 is 1.48 bits per heavy atom. The number of nitrogens with zero attached hydrogens (tertiary/aromatic N) is 1. The predicted molar refractivity (Wildman–Crippen MR) is 164 cm³/mol. The Balaban J connectivity index is 1.50. The monoisotopic (exact) mass is 650 g/mol. The third-order valence-corrected chi connectivity index (χ3v) is 7.62. The second-order valence-electron chi connectivity index (χ2n) is 11.0. The van der Waals surface area contributed by atoms with E-state index in [1.807, 2.05) is 30.4 Å². The molecule has 248 valence electrons. The van der Waals surface area contributed by atoms with Crippen molar-refractivity contribution in [1.29, 1.82) is 0 Å². The molecule has 1 fully saturated rings. The maximum absolute atomic E-state index is 13.3. The SMILES string of the molecule is CCOCCCNC(=O)c1cc(NC(=O)Nc2cc(C(F)(F)F)cc(C(F)(F)F)c2)ccc1N1CCC(Cc2ccccc2)CC1.